The Morgan fingerprint density at radius 2 is 1.76 bits per heavy atom. The zero-order chi connectivity index (χ0) is 16.1. The first kappa shape index (κ1) is 17.6. The summed E-state index contributed by atoms with van der Waals surface area (Å²) in [5.74, 6) is -0.453. The second kappa shape index (κ2) is 7.03. The lowest BCUT2D eigenvalue weighted by Crippen LogP contribution is -2.24. The van der Waals surface area contributed by atoms with E-state index in [4.69, 9.17) is 0 Å². The van der Waals surface area contributed by atoms with Gasteiger partial charge in [-0.05, 0) is 30.0 Å². The highest BCUT2D eigenvalue weighted by atomic mass is 31.2. The molecule has 0 bridgehead atoms. The summed E-state index contributed by atoms with van der Waals surface area (Å²) in [7, 11) is -2.97. The van der Waals surface area contributed by atoms with E-state index in [1.165, 1.54) is 13.2 Å². The minimum absolute atomic E-state index is 0.352. The van der Waals surface area contributed by atoms with E-state index in [0.717, 1.165) is 5.56 Å². The van der Waals surface area contributed by atoms with Gasteiger partial charge in [-0.2, -0.15) is 0 Å². The second-order valence-electron chi connectivity index (χ2n) is 4.76. The van der Waals surface area contributed by atoms with E-state index in [1.807, 2.05) is 0 Å². The van der Waals surface area contributed by atoms with E-state index < -0.39 is 18.7 Å². The Labute approximate surface area is 124 Å². The maximum Gasteiger partial charge on any atom is 0.335 e. The maximum absolute atomic E-state index is 11.9. The van der Waals surface area contributed by atoms with Gasteiger partial charge in [-0.3, -0.25) is 4.57 Å². The Kier molecular flexibility index (Phi) is 5.90. The summed E-state index contributed by atoms with van der Waals surface area (Å²) < 4.78 is 16.4. The van der Waals surface area contributed by atoms with Crippen molar-refractivity contribution in [3.05, 3.63) is 41.5 Å². The zero-order valence-electron chi connectivity index (χ0n) is 12.4. The van der Waals surface area contributed by atoms with Crippen molar-refractivity contribution in [1.82, 2.24) is 0 Å². The second-order valence-corrected chi connectivity index (χ2v) is 6.71. The van der Waals surface area contributed by atoms with Gasteiger partial charge in [0.15, 0.2) is 0 Å². The third-order valence-corrected chi connectivity index (χ3v) is 5.79. The molecular weight excluding hydrogens is 291 g/mol. The van der Waals surface area contributed by atoms with Gasteiger partial charge >= 0.3 is 13.6 Å². The molecule has 0 atom stereocenters. The molecule has 0 aliphatic heterocycles. The van der Waals surface area contributed by atoms with Gasteiger partial charge in [-0.15, -0.1) is 0 Å². The van der Waals surface area contributed by atoms with Crippen molar-refractivity contribution in [2.45, 2.75) is 31.8 Å². The highest BCUT2D eigenvalue weighted by Gasteiger charge is 2.45. The number of ether oxygens (including phenoxy) is 1. The molecule has 0 radical (unpaired) electrons. The van der Waals surface area contributed by atoms with Crippen LogP contribution in [0, 0.1) is 0 Å². The molecule has 0 fully saturated rings. The van der Waals surface area contributed by atoms with Crippen LogP contribution in [0.3, 0.4) is 0 Å². The van der Waals surface area contributed by atoms with Crippen LogP contribution in [0.4, 0.5) is 0 Å². The topological polar surface area (TPSA) is 83.8 Å². The van der Waals surface area contributed by atoms with Gasteiger partial charge in [0.25, 0.3) is 0 Å². The van der Waals surface area contributed by atoms with E-state index in [2.05, 4.69) is 4.74 Å². The average Bonchev–Trinajstić information content (AvgIpc) is 2.46. The van der Waals surface area contributed by atoms with Crippen molar-refractivity contribution >= 4 is 19.6 Å². The Balaban J connectivity index is 3.13. The molecule has 1 rings (SSSR count). The molecule has 0 spiro atoms. The largest absolute Gasteiger partial charge is 0.466 e. The normalized spacial score (nSPS) is 12.6. The van der Waals surface area contributed by atoms with Crippen molar-refractivity contribution in [3.63, 3.8) is 0 Å². The first-order valence-electron chi connectivity index (χ1n) is 6.73. The molecule has 0 heterocycles. The SMILES string of the molecule is CCC(CC)(c1ccc(C=CC(=O)OC)cc1)P(=O)(O)O. The Morgan fingerprint density at radius 3 is 2.14 bits per heavy atom. The fourth-order valence-corrected chi connectivity index (χ4v) is 3.68. The molecule has 0 saturated heterocycles. The van der Waals surface area contributed by atoms with Gasteiger partial charge in [-0.1, -0.05) is 38.1 Å². The summed E-state index contributed by atoms with van der Waals surface area (Å²) >= 11 is 0. The first-order valence-corrected chi connectivity index (χ1v) is 8.34. The number of methoxy groups -OCH3 is 1. The van der Waals surface area contributed by atoms with E-state index in [1.54, 1.807) is 44.2 Å². The fraction of sp³-hybridized carbons (Fsp3) is 0.400. The lowest BCUT2D eigenvalue weighted by Gasteiger charge is -2.32. The van der Waals surface area contributed by atoms with E-state index in [-0.39, 0.29) is 0 Å². The van der Waals surface area contributed by atoms with E-state index in [0.29, 0.717) is 18.4 Å². The molecule has 116 valence electrons. The smallest absolute Gasteiger partial charge is 0.335 e. The summed E-state index contributed by atoms with van der Waals surface area (Å²) in [5, 5.41) is -1.16. The predicted molar refractivity (Wildman–Crippen MR) is 81.8 cm³/mol. The molecule has 1 aromatic carbocycles. The third-order valence-electron chi connectivity index (χ3n) is 3.79. The van der Waals surface area contributed by atoms with E-state index >= 15 is 0 Å². The van der Waals surface area contributed by atoms with Crippen molar-refractivity contribution in [1.29, 1.82) is 0 Å². The van der Waals surface area contributed by atoms with Crippen LogP contribution in [0.2, 0.25) is 0 Å². The Bertz CT molecular complexity index is 552. The van der Waals surface area contributed by atoms with Crippen molar-refractivity contribution < 1.29 is 23.9 Å². The van der Waals surface area contributed by atoms with Crippen LogP contribution in [0.5, 0.6) is 0 Å². The number of rotatable bonds is 6. The van der Waals surface area contributed by atoms with Crippen LogP contribution in [0.1, 0.15) is 37.8 Å². The summed E-state index contributed by atoms with van der Waals surface area (Å²) in [6, 6.07) is 6.85. The Morgan fingerprint density at radius 1 is 1.24 bits per heavy atom. The van der Waals surface area contributed by atoms with Gasteiger partial charge in [0.05, 0.1) is 12.3 Å². The van der Waals surface area contributed by atoms with Gasteiger partial charge in [0, 0.05) is 6.08 Å². The molecule has 0 aliphatic rings. The van der Waals surface area contributed by atoms with Crippen molar-refractivity contribution in [2.24, 2.45) is 0 Å². The number of hydrogen-bond acceptors (Lipinski definition) is 3. The summed E-state index contributed by atoms with van der Waals surface area (Å²) in [4.78, 5) is 30.4. The number of carbonyl (C=O) groups is 1. The highest BCUT2D eigenvalue weighted by molar-refractivity contribution is 7.53. The molecule has 0 aromatic heterocycles. The third kappa shape index (κ3) is 3.82. The first-order chi connectivity index (χ1) is 9.80. The molecule has 21 heavy (non-hydrogen) atoms. The molecule has 0 unspecified atom stereocenters. The minimum Gasteiger partial charge on any atom is -0.466 e. The number of esters is 1. The zero-order valence-corrected chi connectivity index (χ0v) is 13.3. The van der Waals surface area contributed by atoms with Gasteiger partial charge in [0.1, 0.15) is 0 Å². The Hall–Kier alpha value is -1.42. The van der Waals surface area contributed by atoms with Crippen LogP contribution in [0.15, 0.2) is 30.3 Å². The number of carbonyl (C=O) groups excluding carboxylic acids is 1. The van der Waals surface area contributed by atoms with Gasteiger partial charge in [0.2, 0.25) is 0 Å². The summed E-state index contributed by atoms with van der Waals surface area (Å²) in [6.45, 7) is 3.54. The van der Waals surface area contributed by atoms with Crippen LogP contribution in [-0.2, 0) is 19.3 Å². The molecule has 0 saturated carbocycles. The van der Waals surface area contributed by atoms with Crippen molar-refractivity contribution in [2.75, 3.05) is 7.11 Å². The van der Waals surface area contributed by atoms with Crippen LogP contribution in [-0.4, -0.2) is 22.9 Å². The number of benzene rings is 1. The lowest BCUT2D eigenvalue weighted by molar-refractivity contribution is -0.134. The molecular formula is C15H21O5P. The molecule has 6 heteroatoms. The predicted octanol–water partition coefficient (Wildman–Crippen LogP) is 3.07. The standard InChI is InChI=1S/C15H21O5P/c1-4-15(5-2,21(17,18)19)13-9-6-12(7-10-13)8-11-14(16)20-3/h6-11H,4-5H2,1-3H3,(H2,17,18,19). The van der Waals surface area contributed by atoms with E-state index in [9.17, 15) is 19.1 Å². The molecule has 1 aromatic rings. The van der Waals surface area contributed by atoms with Crippen LogP contribution < -0.4 is 0 Å². The van der Waals surface area contributed by atoms with Gasteiger partial charge in [-0.25, -0.2) is 4.79 Å². The average molecular weight is 312 g/mol. The molecule has 0 amide bonds. The quantitative estimate of drug-likeness (QED) is 0.479. The maximum atomic E-state index is 11.9. The van der Waals surface area contributed by atoms with Gasteiger partial charge < -0.3 is 14.5 Å². The van der Waals surface area contributed by atoms with Crippen LogP contribution in [0.25, 0.3) is 6.08 Å². The highest BCUT2D eigenvalue weighted by Crippen LogP contribution is 2.60. The number of hydrogen-bond donors (Lipinski definition) is 2. The fourth-order valence-electron chi connectivity index (χ4n) is 2.38. The molecule has 0 aliphatic carbocycles. The summed E-state index contributed by atoms with van der Waals surface area (Å²) in [5.41, 5.74) is 1.37. The summed E-state index contributed by atoms with van der Waals surface area (Å²) in [6.07, 6.45) is 3.59. The molecule has 2 N–H and O–H groups in total. The monoisotopic (exact) mass is 312 g/mol. The van der Waals surface area contributed by atoms with Crippen LogP contribution >= 0.6 is 7.60 Å². The minimum atomic E-state index is -4.27. The lowest BCUT2D eigenvalue weighted by atomic mass is 9.92. The van der Waals surface area contributed by atoms with Crippen molar-refractivity contribution in [3.8, 4) is 0 Å². The molecule has 5 nitrogen and oxygen atoms in total.